The number of benzene rings is 3. The second-order valence-electron chi connectivity index (χ2n) is 5.92. The summed E-state index contributed by atoms with van der Waals surface area (Å²) in [4.78, 5) is 25.1. The zero-order valence-corrected chi connectivity index (χ0v) is 16.0. The molecule has 0 fully saturated rings. The number of carbonyl (C=O) groups excluding carboxylic acids is 2. The Balaban J connectivity index is 1.73. The lowest BCUT2D eigenvalue weighted by Crippen LogP contribution is -2.23. The maximum Gasteiger partial charge on any atom is 0.243 e. The summed E-state index contributed by atoms with van der Waals surface area (Å²) in [5, 5.41) is 5.89. The number of amides is 1. The third-order valence-electron chi connectivity index (χ3n) is 3.91. The Bertz CT molecular complexity index is 1030. The first-order chi connectivity index (χ1) is 13.4. The average molecular weight is 417 g/mol. The number of halogens is 3. The number of hydrogen-bond donors (Lipinski definition) is 2. The fourth-order valence-electron chi connectivity index (χ4n) is 2.54. The molecule has 0 atom stereocenters. The molecule has 0 heterocycles. The van der Waals surface area contributed by atoms with Crippen LogP contribution in [0.4, 0.5) is 15.8 Å². The van der Waals surface area contributed by atoms with Gasteiger partial charge in [-0.2, -0.15) is 0 Å². The van der Waals surface area contributed by atoms with E-state index in [9.17, 15) is 14.0 Å². The number of hydrogen-bond acceptors (Lipinski definition) is 3. The van der Waals surface area contributed by atoms with Crippen LogP contribution in [0.5, 0.6) is 0 Å². The summed E-state index contributed by atoms with van der Waals surface area (Å²) in [6, 6.07) is 17.4. The molecule has 3 rings (SSSR count). The number of anilines is 2. The van der Waals surface area contributed by atoms with Gasteiger partial charge in [-0.15, -0.1) is 0 Å². The smallest absolute Gasteiger partial charge is 0.243 e. The lowest BCUT2D eigenvalue weighted by atomic mass is 10.0. The van der Waals surface area contributed by atoms with Crippen LogP contribution in [0.1, 0.15) is 15.9 Å². The van der Waals surface area contributed by atoms with Crippen LogP contribution < -0.4 is 10.6 Å². The zero-order valence-electron chi connectivity index (χ0n) is 14.5. The zero-order chi connectivity index (χ0) is 20.1. The lowest BCUT2D eigenvalue weighted by Gasteiger charge is -2.12. The molecule has 0 spiro atoms. The second-order valence-corrected chi connectivity index (χ2v) is 6.76. The van der Waals surface area contributed by atoms with Crippen molar-refractivity contribution in [3.63, 3.8) is 0 Å². The van der Waals surface area contributed by atoms with Crippen LogP contribution in [-0.4, -0.2) is 18.2 Å². The van der Waals surface area contributed by atoms with E-state index in [-0.39, 0.29) is 28.8 Å². The van der Waals surface area contributed by atoms with Crippen LogP contribution in [0, 0.1) is 5.82 Å². The molecule has 1 amide bonds. The number of ketones is 1. The number of carbonyl (C=O) groups is 2. The number of nitrogens with one attached hydrogen (secondary N) is 2. The van der Waals surface area contributed by atoms with Crippen molar-refractivity contribution in [3.8, 4) is 0 Å². The molecule has 0 radical (unpaired) electrons. The Morgan fingerprint density at radius 1 is 0.929 bits per heavy atom. The van der Waals surface area contributed by atoms with E-state index < -0.39 is 5.82 Å². The highest BCUT2D eigenvalue weighted by Crippen LogP contribution is 2.24. The standard InChI is InChI=1S/C21H15Cl2FN2O2/c22-14-6-9-19(16(10-14)21(28)13-4-2-1-3-5-13)26-20(27)12-25-15-7-8-18(24)17(23)11-15/h1-11,25H,12H2,(H,26,27). The predicted octanol–water partition coefficient (Wildman–Crippen LogP) is 5.41. The van der Waals surface area contributed by atoms with Gasteiger partial charge in [0.1, 0.15) is 5.82 Å². The predicted molar refractivity (Wildman–Crippen MR) is 110 cm³/mol. The largest absolute Gasteiger partial charge is 0.376 e. The molecule has 0 aliphatic carbocycles. The van der Waals surface area contributed by atoms with Gasteiger partial charge in [-0.1, -0.05) is 53.5 Å². The van der Waals surface area contributed by atoms with Gasteiger partial charge in [-0.05, 0) is 36.4 Å². The molecule has 0 aliphatic rings. The highest BCUT2D eigenvalue weighted by molar-refractivity contribution is 6.31. The van der Waals surface area contributed by atoms with Crippen molar-refractivity contribution >= 4 is 46.3 Å². The maximum atomic E-state index is 13.2. The minimum atomic E-state index is -0.540. The van der Waals surface area contributed by atoms with E-state index in [0.29, 0.717) is 22.0 Å². The normalized spacial score (nSPS) is 10.4. The molecule has 28 heavy (non-hydrogen) atoms. The minimum Gasteiger partial charge on any atom is -0.376 e. The van der Waals surface area contributed by atoms with Crippen molar-refractivity contribution in [2.45, 2.75) is 0 Å². The third-order valence-corrected chi connectivity index (χ3v) is 4.43. The van der Waals surface area contributed by atoms with Crippen LogP contribution in [0.2, 0.25) is 10.0 Å². The first-order valence-electron chi connectivity index (χ1n) is 8.32. The van der Waals surface area contributed by atoms with E-state index in [1.807, 2.05) is 6.07 Å². The lowest BCUT2D eigenvalue weighted by molar-refractivity contribution is -0.114. The van der Waals surface area contributed by atoms with E-state index in [0.717, 1.165) is 0 Å². The highest BCUT2D eigenvalue weighted by Gasteiger charge is 2.16. The first kappa shape index (κ1) is 19.9. The summed E-state index contributed by atoms with van der Waals surface area (Å²) in [5.74, 6) is -1.18. The van der Waals surface area contributed by atoms with E-state index in [4.69, 9.17) is 23.2 Å². The molecular weight excluding hydrogens is 402 g/mol. The van der Waals surface area contributed by atoms with Crippen LogP contribution in [-0.2, 0) is 4.79 Å². The third kappa shape index (κ3) is 4.88. The van der Waals surface area contributed by atoms with Gasteiger partial charge < -0.3 is 10.6 Å². The summed E-state index contributed by atoms with van der Waals surface area (Å²) in [6.45, 7) is -0.0937. The van der Waals surface area contributed by atoms with E-state index in [1.165, 1.54) is 24.3 Å². The van der Waals surface area contributed by atoms with E-state index in [1.54, 1.807) is 36.4 Å². The molecule has 142 valence electrons. The molecule has 0 aliphatic heterocycles. The fraction of sp³-hybridized carbons (Fsp3) is 0.0476. The van der Waals surface area contributed by atoms with Crippen molar-refractivity contribution in [3.05, 3.63) is 93.7 Å². The van der Waals surface area contributed by atoms with Gasteiger partial charge >= 0.3 is 0 Å². The molecule has 0 bridgehead atoms. The van der Waals surface area contributed by atoms with E-state index >= 15 is 0 Å². The Morgan fingerprint density at radius 2 is 1.68 bits per heavy atom. The topological polar surface area (TPSA) is 58.2 Å². The molecule has 0 aromatic heterocycles. The SMILES string of the molecule is O=C(CNc1ccc(F)c(Cl)c1)Nc1ccc(Cl)cc1C(=O)c1ccccc1. The molecule has 0 unspecified atom stereocenters. The minimum absolute atomic E-state index is 0.0427. The van der Waals surface area contributed by atoms with Gasteiger partial charge in [0.05, 0.1) is 17.3 Å². The molecular formula is C21H15Cl2FN2O2. The average Bonchev–Trinajstić information content (AvgIpc) is 2.70. The summed E-state index contributed by atoms with van der Waals surface area (Å²) >= 11 is 11.8. The molecule has 0 saturated carbocycles. The molecule has 7 heteroatoms. The Labute approximate surface area is 171 Å². The van der Waals surface area contributed by atoms with Crippen molar-refractivity contribution in [1.82, 2.24) is 0 Å². The molecule has 3 aromatic rings. The fourth-order valence-corrected chi connectivity index (χ4v) is 2.89. The van der Waals surface area contributed by atoms with Crippen LogP contribution >= 0.6 is 23.2 Å². The van der Waals surface area contributed by atoms with Crippen molar-refractivity contribution in [2.75, 3.05) is 17.2 Å². The van der Waals surface area contributed by atoms with Crippen LogP contribution in [0.25, 0.3) is 0 Å². The molecule has 3 aromatic carbocycles. The maximum absolute atomic E-state index is 13.2. The van der Waals surface area contributed by atoms with Crippen molar-refractivity contribution < 1.29 is 14.0 Å². The second kappa shape index (κ2) is 8.87. The van der Waals surface area contributed by atoms with Crippen LogP contribution in [0.15, 0.2) is 66.7 Å². The van der Waals surface area contributed by atoms with Gasteiger partial charge in [0, 0.05) is 21.8 Å². The Kier molecular flexibility index (Phi) is 6.29. The van der Waals surface area contributed by atoms with Crippen LogP contribution in [0.3, 0.4) is 0 Å². The monoisotopic (exact) mass is 416 g/mol. The summed E-state index contributed by atoms with van der Waals surface area (Å²) < 4.78 is 13.2. The highest BCUT2D eigenvalue weighted by atomic mass is 35.5. The number of rotatable bonds is 6. The summed E-state index contributed by atoms with van der Waals surface area (Å²) in [7, 11) is 0. The Morgan fingerprint density at radius 3 is 2.39 bits per heavy atom. The van der Waals surface area contributed by atoms with Gasteiger partial charge in [0.2, 0.25) is 5.91 Å². The van der Waals surface area contributed by atoms with Crippen molar-refractivity contribution in [1.29, 1.82) is 0 Å². The molecule has 0 saturated heterocycles. The van der Waals surface area contributed by atoms with Crippen molar-refractivity contribution in [2.24, 2.45) is 0 Å². The molecule has 4 nitrogen and oxygen atoms in total. The van der Waals surface area contributed by atoms with Gasteiger partial charge in [-0.3, -0.25) is 9.59 Å². The molecule has 2 N–H and O–H groups in total. The van der Waals surface area contributed by atoms with Gasteiger partial charge in [0.25, 0.3) is 0 Å². The first-order valence-corrected chi connectivity index (χ1v) is 9.07. The summed E-state index contributed by atoms with van der Waals surface area (Å²) in [5.41, 5.74) is 1.62. The van der Waals surface area contributed by atoms with E-state index in [2.05, 4.69) is 10.6 Å². The quantitative estimate of drug-likeness (QED) is 0.527. The van der Waals surface area contributed by atoms with Gasteiger partial charge in [-0.25, -0.2) is 4.39 Å². The van der Waals surface area contributed by atoms with Gasteiger partial charge in [0.15, 0.2) is 5.78 Å². The Hall–Kier alpha value is -2.89. The summed E-state index contributed by atoms with van der Waals surface area (Å²) in [6.07, 6.45) is 0.